The highest BCUT2D eigenvalue weighted by molar-refractivity contribution is 8.14. The molecule has 1 N–H and O–H groups in total. The van der Waals surface area contributed by atoms with Gasteiger partial charge in [-0.15, -0.1) is 0 Å². The van der Waals surface area contributed by atoms with Gasteiger partial charge in [-0.25, -0.2) is 4.79 Å². The van der Waals surface area contributed by atoms with Crippen molar-refractivity contribution in [3.8, 4) is 5.69 Å². The van der Waals surface area contributed by atoms with Gasteiger partial charge in [0.25, 0.3) is 0 Å². The lowest BCUT2D eigenvalue weighted by molar-refractivity contribution is 0.0697. The van der Waals surface area contributed by atoms with Gasteiger partial charge in [0.05, 0.1) is 17.3 Å². The molecule has 2 aromatic heterocycles. The van der Waals surface area contributed by atoms with E-state index >= 15 is 0 Å². The van der Waals surface area contributed by atoms with Gasteiger partial charge < -0.3 is 14.6 Å². The maximum atomic E-state index is 11.5. The molecule has 158 valence electrons. The van der Waals surface area contributed by atoms with Crippen LogP contribution in [0.5, 0.6) is 0 Å². The third-order valence-corrected chi connectivity index (χ3v) is 7.12. The summed E-state index contributed by atoms with van der Waals surface area (Å²) in [4.78, 5) is 23.6. The molecule has 7 heteroatoms. The number of hydrogen-bond donors (Lipinski definition) is 1. The van der Waals surface area contributed by atoms with Gasteiger partial charge in [0.15, 0.2) is 5.17 Å². The number of aromatic nitrogens is 2. The fraction of sp³-hybridized carbons (Fsp3) is 0.292. The number of thioether (sulfide) groups is 1. The Kier molecular flexibility index (Phi) is 4.85. The highest BCUT2D eigenvalue weighted by Crippen LogP contribution is 2.48. The number of fused-ring (bicyclic) bond motifs is 1. The molecule has 2 aliphatic rings. The van der Waals surface area contributed by atoms with Crippen LogP contribution in [0.4, 0.5) is 0 Å². The minimum atomic E-state index is -0.920. The SMILES string of the molecule is Cc1cc([C@H]2[C@H](c3ccccn3)N=C3S[C@@H](C)CN32)c(C)n1-c1cccc(C(=O)O)c1. The number of aromatic carboxylic acids is 1. The molecule has 2 aliphatic heterocycles. The first kappa shape index (κ1) is 19.9. The Balaban J connectivity index is 1.62. The summed E-state index contributed by atoms with van der Waals surface area (Å²) in [5.41, 5.74) is 5.51. The second-order valence-electron chi connectivity index (χ2n) is 8.15. The van der Waals surface area contributed by atoms with Crippen molar-refractivity contribution in [2.45, 2.75) is 38.1 Å². The summed E-state index contributed by atoms with van der Waals surface area (Å²) in [5.74, 6) is -0.920. The smallest absolute Gasteiger partial charge is 0.335 e. The molecule has 3 aromatic rings. The second kappa shape index (κ2) is 7.57. The third kappa shape index (κ3) is 3.33. The third-order valence-electron chi connectivity index (χ3n) is 6.02. The van der Waals surface area contributed by atoms with Crippen molar-refractivity contribution in [2.24, 2.45) is 4.99 Å². The van der Waals surface area contributed by atoms with E-state index in [9.17, 15) is 9.90 Å². The Morgan fingerprint density at radius 2 is 2.00 bits per heavy atom. The summed E-state index contributed by atoms with van der Waals surface area (Å²) in [7, 11) is 0. The van der Waals surface area contributed by atoms with Gasteiger partial charge in [-0.1, -0.05) is 30.8 Å². The fourth-order valence-corrected chi connectivity index (χ4v) is 5.81. The van der Waals surface area contributed by atoms with E-state index in [1.807, 2.05) is 42.2 Å². The molecule has 4 heterocycles. The number of carboxylic acids is 1. The molecule has 0 spiro atoms. The molecule has 0 aliphatic carbocycles. The number of rotatable bonds is 4. The first-order chi connectivity index (χ1) is 14.9. The number of amidine groups is 1. The molecule has 1 fully saturated rings. The zero-order chi connectivity index (χ0) is 21.7. The largest absolute Gasteiger partial charge is 0.478 e. The van der Waals surface area contributed by atoms with Crippen molar-refractivity contribution in [2.75, 3.05) is 6.54 Å². The van der Waals surface area contributed by atoms with Crippen molar-refractivity contribution < 1.29 is 9.90 Å². The van der Waals surface area contributed by atoms with Crippen molar-refractivity contribution in [1.82, 2.24) is 14.5 Å². The summed E-state index contributed by atoms with van der Waals surface area (Å²) in [6, 6.07) is 15.3. The number of aliphatic imine (C=N–C) groups is 1. The molecule has 0 bridgehead atoms. The van der Waals surface area contributed by atoms with E-state index < -0.39 is 5.97 Å². The summed E-state index contributed by atoms with van der Waals surface area (Å²) < 4.78 is 2.14. The number of pyridine rings is 1. The minimum Gasteiger partial charge on any atom is -0.478 e. The Morgan fingerprint density at radius 3 is 2.74 bits per heavy atom. The summed E-state index contributed by atoms with van der Waals surface area (Å²) in [6.07, 6.45) is 1.83. The van der Waals surface area contributed by atoms with Gasteiger partial charge in [0.2, 0.25) is 0 Å². The van der Waals surface area contributed by atoms with Crippen molar-refractivity contribution in [3.63, 3.8) is 0 Å². The molecular weight excluding hydrogens is 408 g/mol. The highest BCUT2D eigenvalue weighted by atomic mass is 32.2. The van der Waals surface area contributed by atoms with Crippen LogP contribution in [-0.2, 0) is 0 Å². The summed E-state index contributed by atoms with van der Waals surface area (Å²) in [6.45, 7) is 7.36. The average Bonchev–Trinajstić information content (AvgIpc) is 3.38. The van der Waals surface area contributed by atoms with Gasteiger partial charge in [-0.05, 0) is 55.8 Å². The highest BCUT2D eigenvalue weighted by Gasteiger charge is 2.44. The molecule has 0 amide bonds. The van der Waals surface area contributed by atoms with Crippen LogP contribution in [0.15, 0.2) is 59.7 Å². The van der Waals surface area contributed by atoms with Gasteiger partial charge in [-0.3, -0.25) is 9.98 Å². The summed E-state index contributed by atoms with van der Waals surface area (Å²) >= 11 is 1.83. The van der Waals surface area contributed by atoms with E-state index in [4.69, 9.17) is 4.99 Å². The molecule has 1 saturated heterocycles. The maximum absolute atomic E-state index is 11.5. The molecule has 0 unspecified atom stereocenters. The lowest BCUT2D eigenvalue weighted by Crippen LogP contribution is -2.28. The normalized spacial score (nSPS) is 22.5. The zero-order valence-electron chi connectivity index (χ0n) is 17.7. The predicted octanol–water partition coefficient (Wildman–Crippen LogP) is 4.78. The van der Waals surface area contributed by atoms with Crippen LogP contribution in [0.1, 0.15) is 52.0 Å². The molecule has 0 radical (unpaired) electrons. The van der Waals surface area contributed by atoms with E-state index in [0.29, 0.717) is 5.25 Å². The molecule has 6 nitrogen and oxygen atoms in total. The maximum Gasteiger partial charge on any atom is 0.335 e. The van der Waals surface area contributed by atoms with E-state index in [0.717, 1.165) is 34.5 Å². The van der Waals surface area contributed by atoms with Crippen molar-refractivity contribution in [1.29, 1.82) is 0 Å². The van der Waals surface area contributed by atoms with Gasteiger partial charge >= 0.3 is 5.97 Å². The molecule has 3 atom stereocenters. The van der Waals surface area contributed by atoms with Crippen LogP contribution in [0, 0.1) is 13.8 Å². The van der Waals surface area contributed by atoms with E-state index in [2.05, 4.69) is 41.3 Å². The molecule has 5 rings (SSSR count). The number of benzene rings is 1. The van der Waals surface area contributed by atoms with Gasteiger partial charge in [-0.2, -0.15) is 0 Å². The van der Waals surface area contributed by atoms with Crippen LogP contribution in [-0.4, -0.2) is 42.5 Å². The quantitative estimate of drug-likeness (QED) is 0.643. The van der Waals surface area contributed by atoms with Crippen LogP contribution >= 0.6 is 11.8 Å². The lowest BCUT2D eigenvalue weighted by atomic mass is 9.96. The first-order valence-electron chi connectivity index (χ1n) is 10.4. The number of nitrogens with zero attached hydrogens (tertiary/aromatic N) is 4. The minimum absolute atomic E-state index is 0.0597. The molecular formula is C24H24N4O2S. The number of hydrogen-bond acceptors (Lipinski definition) is 5. The molecule has 31 heavy (non-hydrogen) atoms. The van der Waals surface area contributed by atoms with E-state index in [1.54, 1.807) is 18.2 Å². The monoisotopic (exact) mass is 432 g/mol. The van der Waals surface area contributed by atoms with Gasteiger partial charge in [0, 0.05) is 35.1 Å². The Morgan fingerprint density at radius 1 is 1.16 bits per heavy atom. The van der Waals surface area contributed by atoms with Crippen molar-refractivity contribution in [3.05, 3.63) is 82.9 Å². The van der Waals surface area contributed by atoms with E-state index in [-0.39, 0.29) is 17.6 Å². The van der Waals surface area contributed by atoms with Crippen molar-refractivity contribution >= 4 is 22.9 Å². The summed E-state index contributed by atoms with van der Waals surface area (Å²) in [5, 5.41) is 11.0. The number of carboxylic acid groups (broad SMARTS) is 1. The van der Waals surface area contributed by atoms with Crippen LogP contribution in [0.2, 0.25) is 0 Å². The molecule has 1 aromatic carbocycles. The lowest BCUT2D eigenvalue weighted by Gasteiger charge is -2.27. The predicted molar refractivity (Wildman–Crippen MR) is 123 cm³/mol. The second-order valence-corrected chi connectivity index (χ2v) is 9.56. The number of aryl methyl sites for hydroxylation is 1. The van der Waals surface area contributed by atoms with Gasteiger partial charge in [0.1, 0.15) is 6.04 Å². The Labute approximate surface area is 185 Å². The fourth-order valence-electron chi connectivity index (χ4n) is 4.72. The topological polar surface area (TPSA) is 70.7 Å². The average molecular weight is 433 g/mol. The Hall–Kier alpha value is -3.06. The Bertz CT molecular complexity index is 1190. The van der Waals surface area contributed by atoms with Crippen LogP contribution < -0.4 is 0 Å². The van der Waals surface area contributed by atoms with E-state index in [1.165, 1.54) is 5.56 Å². The van der Waals surface area contributed by atoms with Crippen LogP contribution in [0.25, 0.3) is 5.69 Å². The standard InChI is InChI=1S/C24H24N4O2S/c1-14-11-19(16(3)28(14)18-8-6-7-17(12-18)23(29)30)22-21(20-9-4-5-10-25-20)26-24-27(22)13-15(2)31-24/h4-12,15,21-22H,13H2,1-3H3,(H,29,30)/t15-,21-,22-/m0/s1. The zero-order valence-corrected chi connectivity index (χ0v) is 18.5. The first-order valence-corrected chi connectivity index (χ1v) is 11.3. The van der Waals surface area contributed by atoms with Crippen LogP contribution in [0.3, 0.4) is 0 Å². The molecule has 0 saturated carbocycles. The number of carbonyl (C=O) groups is 1.